The Labute approximate surface area is 107 Å². The van der Waals surface area contributed by atoms with Crippen LogP contribution in [0, 0.1) is 5.92 Å². The fourth-order valence-corrected chi connectivity index (χ4v) is 3.72. The quantitative estimate of drug-likeness (QED) is 0.749. The molecule has 0 aromatic heterocycles. The molecule has 2 nitrogen and oxygen atoms in total. The van der Waals surface area contributed by atoms with E-state index in [0.29, 0.717) is 0 Å². The average Bonchev–Trinajstić information content (AvgIpc) is 2.53. The average molecular weight is 238 g/mol. The van der Waals surface area contributed by atoms with Crippen LogP contribution in [0.3, 0.4) is 0 Å². The summed E-state index contributed by atoms with van der Waals surface area (Å²) in [7, 11) is 0. The van der Waals surface area contributed by atoms with Gasteiger partial charge in [-0.25, -0.2) is 0 Å². The van der Waals surface area contributed by atoms with Gasteiger partial charge in [0.25, 0.3) is 0 Å². The predicted octanol–water partition coefficient (Wildman–Crippen LogP) is 3.16. The molecule has 2 rings (SSSR count). The summed E-state index contributed by atoms with van der Waals surface area (Å²) >= 11 is 0. The lowest BCUT2D eigenvalue weighted by Gasteiger charge is -2.37. The third kappa shape index (κ3) is 3.96. The van der Waals surface area contributed by atoms with E-state index in [1.165, 1.54) is 77.3 Å². The van der Waals surface area contributed by atoms with Gasteiger partial charge in [-0.05, 0) is 51.2 Å². The molecule has 0 spiro atoms. The number of nitrogens with zero attached hydrogens (tertiary/aromatic N) is 1. The van der Waals surface area contributed by atoms with Gasteiger partial charge in [0.1, 0.15) is 0 Å². The lowest BCUT2D eigenvalue weighted by atomic mass is 9.92. The van der Waals surface area contributed by atoms with Crippen molar-refractivity contribution in [2.24, 2.45) is 11.7 Å². The van der Waals surface area contributed by atoms with Crippen molar-refractivity contribution in [2.75, 3.05) is 19.6 Å². The summed E-state index contributed by atoms with van der Waals surface area (Å²) < 4.78 is 0. The van der Waals surface area contributed by atoms with E-state index in [1.807, 2.05) is 0 Å². The van der Waals surface area contributed by atoms with Crippen LogP contribution in [0.4, 0.5) is 0 Å². The van der Waals surface area contributed by atoms with E-state index in [1.54, 1.807) is 0 Å². The summed E-state index contributed by atoms with van der Waals surface area (Å²) in [6.07, 6.45) is 14.2. The first-order chi connectivity index (χ1) is 8.42. The number of hydrogen-bond donors (Lipinski definition) is 1. The van der Waals surface area contributed by atoms with Crippen molar-refractivity contribution in [1.82, 2.24) is 4.90 Å². The fraction of sp³-hybridized carbons (Fsp3) is 1.00. The normalized spacial score (nSPS) is 33.7. The van der Waals surface area contributed by atoms with Gasteiger partial charge in [-0.1, -0.05) is 38.5 Å². The lowest BCUT2D eigenvalue weighted by Crippen LogP contribution is -2.44. The summed E-state index contributed by atoms with van der Waals surface area (Å²) in [5.74, 6) is 0.775. The molecule has 100 valence electrons. The first-order valence-corrected chi connectivity index (χ1v) is 7.86. The maximum absolute atomic E-state index is 6.01. The van der Waals surface area contributed by atoms with E-state index in [9.17, 15) is 0 Å². The monoisotopic (exact) mass is 238 g/mol. The van der Waals surface area contributed by atoms with Crippen LogP contribution >= 0.6 is 0 Å². The third-order valence-electron chi connectivity index (χ3n) is 4.78. The predicted molar refractivity (Wildman–Crippen MR) is 74.1 cm³/mol. The Morgan fingerprint density at radius 1 is 0.765 bits per heavy atom. The van der Waals surface area contributed by atoms with Crippen LogP contribution in [-0.4, -0.2) is 30.6 Å². The number of nitrogens with two attached hydrogens (primary N) is 1. The maximum Gasteiger partial charge on any atom is 0.0135 e. The summed E-state index contributed by atoms with van der Waals surface area (Å²) in [5, 5.41) is 0. The molecular formula is C15H30N2. The number of hydrogen-bond acceptors (Lipinski definition) is 2. The smallest absolute Gasteiger partial charge is 0.0135 e. The van der Waals surface area contributed by atoms with Crippen molar-refractivity contribution in [3.8, 4) is 0 Å². The molecule has 2 fully saturated rings. The van der Waals surface area contributed by atoms with Gasteiger partial charge < -0.3 is 10.6 Å². The summed E-state index contributed by atoms with van der Waals surface area (Å²) in [4.78, 5) is 2.79. The van der Waals surface area contributed by atoms with Crippen LogP contribution in [0.2, 0.25) is 0 Å². The zero-order valence-electron chi connectivity index (χ0n) is 11.4. The van der Waals surface area contributed by atoms with Gasteiger partial charge in [-0.2, -0.15) is 0 Å². The Bertz CT molecular complexity index is 197. The molecule has 2 heteroatoms. The van der Waals surface area contributed by atoms with Gasteiger partial charge >= 0.3 is 0 Å². The van der Waals surface area contributed by atoms with Crippen molar-refractivity contribution in [1.29, 1.82) is 0 Å². The Morgan fingerprint density at radius 2 is 1.35 bits per heavy atom. The molecule has 2 unspecified atom stereocenters. The number of likely N-dealkylation sites (tertiary alicyclic amines) is 1. The Hall–Kier alpha value is -0.0800. The highest BCUT2D eigenvalue weighted by Crippen LogP contribution is 2.28. The molecule has 0 radical (unpaired) electrons. The molecule has 1 saturated carbocycles. The van der Waals surface area contributed by atoms with Crippen LogP contribution in [0.5, 0.6) is 0 Å². The highest BCUT2D eigenvalue weighted by Gasteiger charge is 2.27. The van der Waals surface area contributed by atoms with Crippen molar-refractivity contribution >= 4 is 0 Å². The fourth-order valence-electron chi connectivity index (χ4n) is 3.72. The van der Waals surface area contributed by atoms with Gasteiger partial charge in [0.2, 0.25) is 0 Å². The van der Waals surface area contributed by atoms with E-state index in [2.05, 4.69) is 4.90 Å². The Kier molecular flexibility index (Phi) is 5.79. The van der Waals surface area contributed by atoms with Crippen LogP contribution in [0.15, 0.2) is 0 Å². The highest BCUT2D eigenvalue weighted by molar-refractivity contribution is 4.83. The van der Waals surface area contributed by atoms with Crippen LogP contribution in [0.25, 0.3) is 0 Å². The van der Waals surface area contributed by atoms with E-state index in [4.69, 9.17) is 5.73 Å². The SMILES string of the molecule is NCC1CCCCCC1N1CCCCCCC1. The second-order valence-electron chi connectivity index (χ2n) is 6.00. The molecule has 0 amide bonds. The van der Waals surface area contributed by atoms with Gasteiger partial charge in [0, 0.05) is 6.04 Å². The second kappa shape index (κ2) is 7.38. The zero-order valence-corrected chi connectivity index (χ0v) is 11.4. The second-order valence-corrected chi connectivity index (χ2v) is 6.00. The van der Waals surface area contributed by atoms with Gasteiger partial charge in [-0.15, -0.1) is 0 Å². The largest absolute Gasteiger partial charge is 0.330 e. The van der Waals surface area contributed by atoms with Crippen molar-refractivity contribution in [3.63, 3.8) is 0 Å². The van der Waals surface area contributed by atoms with Crippen molar-refractivity contribution in [2.45, 2.75) is 70.3 Å². The van der Waals surface area contributed by atoms with E-state index >= 15 is 0 Å². The number of rotatable bonds is 2. The lowest BCUT2D eigenvalue weighted by molar-refractivity contribution is 0.124. The van der Waals surface area contributed by atoms with Crippen LogP contribution in [-0.2, 0) is 0 Å². The molecule has 1 saturated heterocycles. The van der Waals surface area contributed by atoms with Gasteiger partial charge in [0.15, 0.2) is 0 Å². The van der Waals surface area contributed by atoms with Crippen LogP contribution < -0.4 is 5.73 Å². The van der Waals surface area contributed by atoms with Gasteiger partial charge in [0.05, 0.1) is 0 Å². The minimum atomic E-state index is 0.775. The molecule has 2 atom stereocenters. The van der Waals surface area contributed by atoms with Crippen LogP contribution in [0.1, 0.15) is 64.2 Å². The van der Waals surface area contributed by atoms with Crippen molar-refractivity contribution in [3.05, 3.63) is 0 Å². The molecular weight excluding hydrogens is 208 g/mol. The first-order valence-electron chi connectivity index (χ1n) is 7.86. The van der Waals surface area contributed by atoms with E-state index < -0.39 is 0 Å². The summed E-state index contributed by atoms with van der Waals surface area (Å²) in [5.41, 5.74) is 6.01. The van der Waals surface area contributed by atoms with Gasteiger partial charge in [-0.3, -0.25) is 0 Å². The molecule has 2 N–H and O–H groups in total. The molecule has 1 aliphatic carbocycles. The van der Waals surface area contributed by atoms with Crippen molar-refractivity contribution < 1.29 is 0 Å². The minimum Gasteiger partial charge on any atom is -0.330 e. The summed E-state index contributed by atoms with van der Waals surface area (Å²) in [6.45, 7) is 3.57. The molecule has 2 aliphatic rings. The molecule has 1 heterocycles. The minimum absolute atomic E-state index is 0.775. The standard InChI is InChI=1S/C15H30N2/c16-13-14-9-5-4-6-10-15(14)17-11-7-2-1-3-8-12-17/h14-15H,1-13,16H2. The molecule has 1 aliphatic heterocycles. The summed E-state index contributed by atoms with van der Waals surface area (Å²) in [6, 6.07) is 0.806. The van der Waals surface area contributed by atoms with E-state index in [0.717, 1.165) is 18.5 Å². The van der Waals surface area contributed by atoms with E-state index in [-0.39, 0.29) is 0 Å². The zero-order chi connectivity index (χ0) is 11.9. The molecule has 0 bridgehead atoms. The Morgan fingerprint density at radius 3 is 2.06 bits per heavy atom. The topological polar surface area (TPSA) is 29.3 Å². The Balaban J connectivity index is 1.94. The third-order valence-corrected chi connectivity index (χ3v) is 4.78. The molecule has 0 aromatic rings. The highest BCUT2D eigenvalue weighted by atomic mass is 15.2. The molecule has 17 heavy (non-hydrogen) atoms. The first kappa shape index (κ1) is 13.4. The maximum atomic E-state index is 6.01. The molecule has 0 aromatic carbocycles.